The highest BCUT2D eigenvalue weighted by Crippen LogP contribution is 2.43. The van der Waals surface area contributed by atoms with Gasteiger partial charge in [-0.25, -0.2) is 13.1 Å². The number of hydrogen-bond donors (Lipinski definition) is 1. The molecular weight excluding hydrogens is 524 g/mol. The number of carbonyl (C=O) groups excluding carboxylic acids is 1. The summed E-state index contributed by atoms with van der Waals surface area (Å²) in [5.74, 6) is -0.00270. The molecule has 3 heterocycles. The first-order valence-electron chi connectivity index (χ1n) is 14.1. The Morgan fingerprint density at radius 3 is 2.40 bits per heavy atom. The van der Waals surface area contributed by atoms with Crippen molar-refractivity contribution in [3.05, 3.63) is 60.2 Å². The van der Waals surface area contributed by atoms with Gasteiger partial charge in [0.2, 0.25) is 5.91 Å². The molecule has 2 aromatic heterocycles. The van der Waals surface area contributed by atoms with Gasteiger partial charge in [-0.05, 0) is 62.4 Å². The minimum absolute atomic E-state index is 0.0448. The number of pyridine rings is 1. The number of nitriles is 1. The lowest BCUT2D eigenvalue weighted by molar-refractivity contribution is -0.127. The molecule has 2 saturated carbocycles. The molecule has 1 N–H and O–H groups in total. The summed E-state index contributed by atoms with van der Waals surface area (Å²) < 4.78 is 25.6. The standard InChI is InChI=1S/C30H34N6O3S/c1-21-6-9-24(18-32-21)36-19-27(22-7-10-23(11-8-22)35-14-16-40(38,39)17-15-35)28(34-36)25-4-2-3-5-26(25)29(37)33-30(20-31)12-13-30/h6-11,18-19,25-26H,2-5,12-17H2,1H3,(H,33,37)/t25-,26-/m1/s1. The summed E-state index contributed by atoms with van der Waals surface area (Å²) in [5, 5.41) is 17.7. The second-order valence-corrected chi connectivity index (χ2v) is 13.7. The summed E-state index contributed by atoms with van der Waals surface area (Å²) in [6.45, 7) is 2.94. The van der Waals surface area contributed by atoms with Crippen LogP contribution in [-0.2, 0) is 14.6 Å². The Labute approximate surface area is 235 Å². The van der Waals surface area contributed by atoms with Crippen molar-refractivity contribution in [2.75, 3.05) is 29.5 Å². The van der Waals surface area contributed by atoms with Gasteiger partial charge in [0.15, 0.2) is 9.84 Å². The number of aryl methyl sites for hydroxylation is 1. The summed E-state index contributed by atoms with van der Waals surface area (Å²) in [6, 6.07) is 14.4. The summed E-state index contributed by atoms with van der Waals surface area (Å²) in [5.41, 5.74) is 4.93. The molecule has 1 saturated heterocycles. The largest absolute Gasteiger partial charge is 0.369 e. The molecule has 40 heavy (non-hydrogen) atoms. The highest BCUT2D eigenvalue weighted by atomic mass is 32.2. The van der Waals surface area contributed by atoms with Crippen molar-refractivity contribution in [2.45, 2.75) is 56.9 Å². The molecule has 10 heteroatoms. The number of sulfone groups is 1. The second-order valence-electron chi connectivity index (χ2n) is 11.4. The number of carbonyl (C=O) groups is 1. The molecule has 3 fully saturated rings. The van der Waals surface area contributed by atoms with Crippen molar-refractivity contribution in [1.29, 1.82) is 5.26 Å². The SMILES string of the molecule is Cc1ccc(-n2cc(-c3ccc(N4CCS(=O)(=O)CC4)cc3)c([C@@H]3CCCC[C@H]3C(=O)NC3(C#N)CC3)n2)cn1. The molecule has 0 spiro atoms. The molecule has 1 aromatic carbocycles. The average Bonchev–Trinajstić information content (AvgIpc) is 3.60. The van der Waals surface area contributed by atoms with Gasteiger partial charge in [0.25, 0.3) is 0 Å². The van der Waals surface area contributed by atoms with Crippen LogP contribution in [0.2, 0.25) is 0 Å². The highest BCUT2D eigenvalue weighted by Gasteiger charge is 2.47. The van der Waals surface area contributed by atoms with Gasteiger partial charge in [-0.2, -0.15) is 10.4 Å². The zero-order valence-corrected chi connectivity index (χ0v) is 23.5. The quantitative estimate of drug-likeness (QED) is 0.487. The van der Waals surface area contributed by atoms with E-state index in [9.17, 15) is 18.5 Å². The zero-order chi connectivity index (χ0) is 27.9. The Bertz CT molecular complexity index is 1540. The van der Waals surface area contributed by atoms with Crippen LogP contribution >= 0.6 is 0 Å². The van der Waals surface area contributed by atoms with E-state index in [1.54, 1.807) is 6.20 Å². The lowest BCUT2D eigenvalue weighted by Crippen LogP contribution is -2.42. The predicted molar refractivity (Wildman–Crippen MR) is 153 cm³/mol. The van der Waals surface area contributed by atoms with Crippen molar-refractivity contribution in [3.63, 3.8) is 0 Å². The van der Waals surface area contributed by atoms with E-state index in [1.165, 1.54) is 0 Å². The molecule has 2 aliphatic carbocycles. The van der Waals surface area contributed by atoms with Crippen LogP contribution < -0.4 is 10.2 Å². The van der Waals surface area contributed by atoms with Gasteiger partial charge < -0.3 is 10.2 Å². The normalized spacial score (nSPS) is 23.2. The van der Waals surface area contributed by atoms with E-state index in [-0.39, 0.29) is 29.2 Å². The Morgan fingerprint density at radius 2 is 1.75 bits per heavy atom. The molecule has 0 unspecified atom stereocenters. The molecular formula is C30H34N6O3S. The number of nitrogens with zero attached hydrogens (tertiary/aromatic N) is 5. The van der Waals surface area contributed by atoms with Gasteiger partial charge in [0, 0.05) is 48.1 Å². The molecule has 208 valence electrons. The van der Waals surface area contributed by atoms with Gasteiger partial charge in [-0.1, -0.05) is 25.0 Å². The van der Waals surface area contributed by atoms with E-state index in [1.807, 2.05) is 42.1 Å². The molecule has 0 bridgehead atoms. The fraction of sp³-hybridized carbons (Fsp3) is 0.467. The average molecular weight is 559 g/mol. The number of nitrogens with one attached hydrogen (secondary N) is 1. The molecule has 1 amide bonds. The van der Waals surface area contributed by atoms with E-state index in [4.69, 9.17) is 5.10 Å². The first-order valence-corrected chi connectivity index (χ1v) is 15.9. The summed E-state index contributed by atoms with van der Waals surface area (Å²) in [7, 11) is -2.95. The summed E-state index contributed by atoms with van der Waals surface area (Å²) in [6.07, 6.45) is 8.87. The Kier molecular flexibility index (Phi) is 6.87. The van der Waals surface area contributed by atoms with Crippen LogP contribution in [-0.4, -0.2) is 59.2 Å². The minimum Gasteiger partial charge on any atom is -0.369 e. The number of hydrogen-bond acceptors (Lipinski definition) is 7. The molecule has 3 aromatic rings. The Hall–Kier alpha value is -3.71. The van der Waals surface area contributed by atoms with Gasteiger partial charge in [0.05, 0.1) is 35.2 Å². The van der Waals surface area contributed by atoms with Gasteiger partial charge in [-0.3, -0.25) is 9.78 Å². The molecule has 9 nitrogen and oxygen atoms in total. The van der Waals surface area contributed by atoms with E-state index in [2.05, 4.69) is 33.4 Å². The number of anilines is 1. The maximum absolute atomic E-state index is 13.5. The van der Waals surface area contributed by atoms with E-state index >= 15 is 0 Å². The number of rotatable bonds is 6. The van der Waals surface area contributed by atoms with Crippen molar-refractivity contribution in [2.24, 2.45) is 5.92 Å². The van der Waals surface area contributed by atoms with Crippen LogP contribution in [0.3, 0.4) is 0 Å². The van der Waals surface area contributed by atoms with E-state index < -0.39 is 15.4 Å². The van der Waals surface area contributed by atoms with Crippen LogP contribution in [0.4, 0.5) is 5.69 Å². The highest BCUT2D eigenvalue weighted by molar-refractivity contribution is 7.91. The third kappa shape index (κ3) is 5.35. The van der Waals surface area contributed by atoms with Gasteiger partial charge in [0.1, 0.15) is 5.54 Å². The molecule has 0 radical (unpaired) electrons. The Balaban J connectivity index is 1.35. The van der Waals surface area contributed by atoms with Crippen LogP contribution in [0.1, 0.15) is 55.8 Å². The minimum atomic E-state index is -2.95. The molecule has 6 rings (SSSR count). The topological polar surface area (TPSA) is 121 Å². The Morgan fingerprint density at radius 1 is 1.05 bits per heavy atom. The van der Waals surface area contributed by atoms with E-state index in [0.717, 1.165) is 59.6 Å². The van der Waals surface area contributed by atoms with Crippen LogP contribution in [0.5, 0.6) is 0 Å². The van der Waals surface area contributed by atoms with Crippen LogP contribution in [0.15, 0.2) is 48.8 Å². The van der Waals surface area contributed by atoms with Crippen LogP contribution in [0.25, 0.3) is 16.8 Å². The van der Waals surface area contributed by atoms with Crippen molar-refractivity contribution in [3.8, 4) is 22.9 Å². The fourth-order valence-electron chi connectivity index (χ4n) is 5.92. The lowest BCUT2D eigenvalue weighted by Gasteiger charge is -2.31. The third-order valence-electron chi connectivity index (χ3n) is 8.57. The zero-order valence-electron chi connectivity index (χ0n) is 22.7. The van der Waals surface area contributed by atoms with Crippen molar-refractivity contribution < 1.29 is 13.2 Å². The number of benzene rings is 1. The first-order chi connectivity index (χ1) is 19.3. The maximum atomic E-state index is 13.5. The molecule has 1 aliphatic heterocycles. The van der Waals surface area contributed by atoms with E-state index in [0.29, 0.717) is 25.9 Å². The summed E-state index contributed by atoms with van der Waals surface area (Å²) >= 11 is 0. The maximum Gasteiger partial charge on any atom is 0.225 e. The lowest BCUT2D eigenvalue weighted by atomic mass is 9.75. The number of aromatic nitrogens is 3. The first kappa shape index (κ1) is 26.5. The third-order valence-corrected chi connectivity index (χ3v) is 10.2. The fourth-order valence-corrected chi connectivity index (χ4v) is 7.13. The smallest absolute Gasteiger partial charge is 0.225 e. The monoisotopic (exact) mass is 558 g/mol. The number of amides is 1. The van der Waals surface area contributed by atoms with Crippen LogP contribution in [0, 0.1) is 24.2 Å². The molecule has 3 aliphatic rings. The van der Waals surface area contributed by atoms with Gasteiger partial charge in [-0.15, -0.1) is 0 Å². The van der Waals surface area contributed by atoms with Gasteiger partial charge >= 0.3 is 0 Å². The second kappa shape index (κ2) is 10.4. The molecule has 2 atom stereocenters. The van der Waals surface area contributed by atoms with Crippen molar-refractivity contribution >= 4 is 21.4 Å². The summed E-state index contributed by atoms with van der Waals surface area (Å²) in [4.78, 5) is 20.0. The predicted octanol–water partition coefficient (Wildman–Crippen LogP) is 3.92. The van der Waals surface area contributed by atoms with Crippen molar-refractivity contribution in [1.82, 2.24) is 20.1 Å².